The van der Waals surface area contributed by atoms with Gasteiger partial charge in [0.1, 0.15) is 60.6 Å². The molecule has 0 aliphatic carbocycles. The third-order valence-electron chi connectivity index (χ3n) is 14.6. The number of halogens is 4. The van der Waals surface area contributed by atoms with Crippen molar-refractivity contribution in [1.82, 2.24) is 34.4 Å². The minimum Gasteiger partial charge on any atom is -0.508 e. The summed E-state index contributed by atoms with van der Waals surface area (Å²) in [5.41, 5.74) is 10.3. The van der Waals surface area contributed by atoms with Crippen LogP contribution in [0.1, 0.15) is 11.1 Å². The molecular formula is C69H62Cl2F2N10O19. The number of anilines is 4. The molecule has 29 nitrogen and oxygen atoms in total. The lowest BCUT2D eigenvalue weighted by molar-refractivity contribution is -0.139. The smallest absolute Gasteiger partial charge is 0.420 e. The van der Waals surface area contributed by atoms with Gasteiger partial charge in [0.25, 0.3) is 5.91 Å². The average molecular weight is 1440 g/mol. The first-order valence-corrected chi connectivity index (χ1v) is 31.2. The van der Waals surface area contributed by atoms with Crippen LogP contribution in [0.2, 0.25) is 10.0 Å². The highest BCUT2D eigenvalue weighted by Gasteiger charge is 2.19. The zero-order chi connectivity index (χ0) is 72.4. The number of nitrogens with two attached hydrogens (primary N) is 1. The fourth-order valence-corrected chi connectivity index (χ4v) is 10.2. The molecule has 4 aromatic heterocycles. The van der Waals surface area contributed by atoms with Gasteiger partial charge >= 0.3 is 17.5 Å². The number of carbonyl (C=O) groups is 2. The second-order valence-corrected chi connectivity index (χ2v) is 22.3. The van der Waals surface area contributed by atoms with Crippen molar-refractivity contribution in [2.24, 2.45) is 5.73 Å². The van der Waals surface area contributed by atoms with Gasteiger partial charge in [-0.1, -0.05) is 35.3 Å². The van der Waals surface area contributed by atoms with Crippen LogP contribution in [-0.4, -0.2) is 140 Å². The number of carboxylic acid groups (broad SMARTS) is 1. The van der Waals surface area contributed by atoms with Gasteiger partial charge in [0, 0.05) is 53.0 Å². The minimum atomic E-state index is -1.15. The topological polar surface area (TPSA) is 393 Å². The molecule has 0 bridgehead atoms. The number of aromatic nitrogens is 6. The predicted octanol–water partition coefficient (Wildman–Crippen LogP) is 10.1. The second-order valence-electron chi connectivity index (χ2n) is 21.5. The normalized spacial score (nSPS) is 11.0. The Morgan fingerprint density at radius 2 is 1.00 bits per heavy atom. The minimum absolute atomic E-state index is 0.0130. The number of hydrogen-bond acceptors (Lipinski definition) is 25. The van der Waals surface area contributed by atoms with Crippen LogP contribution in [0.3, 0.4) is 0 Å². The molecule has 0 aliphatic heterocycles. The number of amides is 1. The number of fused-ring (bicyclic) bond motifs is 4. The lowest BCUT2D eigenvalue weighted by Gasteiger charge is -2.14. The Labute approximate surface area is 585 Å². The van der Waals surface area contributed by atoms with Crippen molar-refractivity contribution >= 4 is 102 Å². The van der Waals surface area contributed by atoms with Crippen LogP contribution in [0.15, 0.2) is 165 Å². The van der Waals surface area contributed by atoms with Crippen LogP contribution in [0.25, 0.3) is 44.0 Å². The molecule has 0 radical (unpaired) electrons. The maximum Gasteiger partial charge on any atom is 0.420 e. The van der Waals surface area contributed by atoms with Gasteiger partial charge in [-0.15, -0.1) is 0 Å². The van der Waals surface area contributed by atoms with E-state index in [1.54, 1.807) is 67.8 Å². The molecule has 0 fully saturated rings. The first-order chi connectivity index (χ1) is 49.2. The van der Waals surface area contributed by atoms with Crippen LogP contribution >= 0.6 is 23.2 Å². The van der Waals surface area contributed by atoms with E-state index in [9.17, 15) is 48.4 Å². The number of aliphatic carboxylic acids is 1. The summed E-state index contributed by atoms with van der Waals surface area (Å²) < 4.78 is 83.4. The number of phenolic OH excluding ortho intramolecular Hbond substituents is 4. The van der Waals surface area contributed by atoms with Gasteiger partial charge < -0.3 is 93.9 Å². The molecule has 10 N–H and O–H groups in total. The van der Waals surface area contributed by atoms with E-state index in [2.05, 4.69) is 35.9 Å². The van der Waals surface area contributed by atoms with Crippen LogP contribution in [0.5, 0.6) is 57.5 Å². The first-order valence-electron chi connectivity index (χ1n) is 30.5. The molecule has 0 saturated carbocycles. The highest BCUT2D eigenvalue weighted by Crippen LogP contribution is 2.38. The molecule has 0 spiro atoms. The molecule has 0 unspecified atom stereocenters. The largest absolute Gasteiger partial charge is 0.508 e. The number of carboxylic acids is 1. The summed E-state index contributed by atoms with van der Waals surface area (Å²) in [6.07, 6.45) is 2.81. The summed E-state index contributed by atoms with van der Waals surface area (Å²) >= 11 is 11.7. The highest BCUT2D eigenvalue weighted by atomic mass is 35.5. The molecular weight excluding hydrogens is 1380 g/mol. The molecule has 0 saturated heterocycles. The van der Waals surface area contributed by atoms with E-state index in [0.717, 1.165) is 0 Å². The SMILES string of the molecule is COc1cc2c(Nc3ccc(F)c(Cl)c3)ncnc2cc1OCCOCCNC(=O)COc1ccc(Cn2c(=O)oc3cc(O)ccc32)cc1O.COc1cc2c(Nc3ccc(F)c(Cl)c3)ncnc2cc1OCCOCN.O=C(O)COc1ccc(Cn2c(=O)oc3cc(O)ccc32)cc1O. The molecule has 33 heteroatoms. The van der Waals surface area contributed by atoms with Crippen LogP contribution < -0.4 is 61.6 Å². The summed E-state index contributed by atoms with van der Waals surface area (Å²) in [6.45, 7) is 0.973. The number of benzene rings is 8. The van der Waals surface area contributed by atoms with E-state index in [4.69, 9.17) is 80.8 Å². The second kappa shape index (κ2) is 34.1. The molecule has 12 aromatic rings. The zero-order valence-electron chi connectivity index (χ0n) is 53.9. The van der Waals surface area contributed by atoms with Crippen molar-refractivity contribution in [3.63, 3.8) is 0 Å². The average Bonchev–Trinajstić information content (AvgIpc) is 0.883. The van der Waals surface area contributed by atoms with Crippen LogP contribution in [0.4, 0.5) is 31.8 Å². The number of aromatic hydroxyl groups is 4. The highest BCUT2D eigenvalue weighted by molar-refractivity contribution is 6.31. The van der Waals surface area contributed by atoms with E-state index in [1.807, 2.05) is 0 Å². The Bertz CT molecular complexity index is 5120. The zero-order valence-corrected chi connectivity index (χ0v) is 55.4. The summed E-state index contributed by atoms with van der Waals surface area (Å²) in [4.78, 5) is 64.1. The number of ether oxygens (including phenoxy) is 8. The van der Waals surface area contributed by atoms with E-state index >= 15 is 0 Å². The molecule has 102 heavy (non-hydrogen) atoms. The lowest BCUT2D eigenvalue weighted by Crippen LogP contribution is -2.32. The molecule has 4 heterocycles. The van der Waals surface area contributed by atoms with Crippen molar-refractivity contribution in [2.45, 2.75) is 13.1 Å². The van der Waals surface area contributed by atoms with Gasteiger partial charge in [-0.05, 0) is 108 Å². The fraction of sp³-hybridized carbons (Fsp3) is 0.188. The number of hydrogen-bond donors (Lipinski definition) is 9. The van der Waals surface area contributed by atoms with E-state index in [1.165, 1.54) is 102 Å². The monoisotopic (exact) mass is 1440 g/mol. The number of nitrogens with one attached hydrogen (secondary N) is 3. The number of rotatable bonds is 28. The van der Waals surface area contributed by atoms with Gasteiger partial charge in [0.2, 0.25) is 0 Å². The van der Waals surface area contributed by atoms with Gasteiger partial charge in [-0.2, -0.15) is 0 Å². The predicted molar refractivity (Wildman–Crippen MR) is 369 cm³/mol. The molecule has 12 rings (SSSR count). The maximum absolute atomic E-state index is 13.6. The molecule has 530 valence electrons. The van der Waals surface area contributed by atoms with Gasteiger partial charge in [-0.3, -0.25) is 13.9 Å². The third kappa shape index (κ3) is 18.8. The Hall–Kier alpha value is -12.2. The Kier molecular flexibility index (Phi) is 24.2. The van der Waals surface area contributed by atoms with E-state index in [-0.39, 0.29) is 109 Å². The van der Waals surface area contributed by atoms with Crippen molar-refractivity contribution in [1.29, 1.82) is 0 Å². The van der Waals surface area contributed by atoms with Crippen LogP contribution in [0, 0.1) is 11.6 Å². The molecule has 1 amide bonds. The summed E-state index contributed by atoms with van der Waals surface area (Å²) in [5.74, 6) is -1.21. The Morgan fingerprint density at radius 1 is 0.529 bits per heavy atom. The number of phenols is 4. The fourth-order valence-electron chi connectivity index (χ4n) is 9.84. The van der Waals surface area contributed by atoms with Crippen molar-refractivity contribution in [3.8, 4) is 57.5 Å². The van der Waals surface area contributed by atoms with Gasteiger partial charge in [-0.25, -0.2) is 43.1 Å². The van der Waals surface area contributed by atoms with Crippen molar-refractivity contribution in [3.05, 3.63) is 200 Å². The summed E-state index contributed by atoms with van der Waals surface area (Å²) in [7, 11) is 3.05. The first kappa shape index (κ1) is 72.6. The Balaban J connectivity index is 0.000000183. The summed E-state index contributed by atoms with van der Waals surface area (Å²) in [6, 6.07) is 33.2. The van der Waals surface area contributed by atoms with Crippen molar-refractivity contribution < 1.29 is 90.6 Å². The van der Waals surface area contributed by atoms with Crippen molar-refractivity contribution in [2.75, 3.05) is 84.4 Å². The van der Waals surface area contributed by atoms with E-state index < -0.39 is 41.6 Å². The number of nitrogens with zero attached hydrogens (tertiary/aromatic N) is 6. The summed E-state index contributed by atoms with van der Waals surface area (Å²) in [5, 5.41) is 58.2. The molecule has 0 atom stereocenters. The lowest BCUT2D eigenvalue weighted by atomic mass is 10.2. The third-order valence-corrected chi connectivity index (χ3v) is 15.2. The number of methoxy groups -OCH3 is 2. The Morgan fingerprint density at radius 3 is 1.44 bits per heavy atom. The van der Waals surface area contributed by atoms with Crippen LogP contribution in [-0.2, 0) is 32.2 Å². The number of carbonyl (C=O) groups excluding carboxylic acids is 1. The van der Waals surface area contributed by atoms with E-state index in [0.29, 0.717) is 103 Å². The molecule has 8 aromatic carbocycles. The standard InChI is InChI=1S/C35H31ClFN5O9.C18H18ClFN4O3.C16H13NO7/c1-47-31-15-23-26(39-19-40-34(23)41-21-3-5-25(37)24(36)13-21)16-32(31)49-11-10-48-9-8-38-33(45)18-50-29-7-2-20(12-28(29)44)17-42-27-6-4-22(43)14-30(27)51-35(42)46;1-25-16-7-12-15(8-17(16)27-5-4-26-9-21)22-10-23-18(12)24-11-2-3-14(20)13(19)6-11;18-10-2-3-11-14(6-10)24-16(22)17(11)7-9-1-4-13(12(19)5-9)23-8-15(20)21/h2-7,12-16,19,43-44H,8-11,17-18H2,1H3,(H,38,45)(H,39,40,41);2-3,6-8,10H,4-5,9,21H2,1H3,(H,22,23,24);1-6,18-19H,7-8H2,(H,20,21). The molecule has 0 aliphatic rings. The van der Waals surface area contributed by atoms with Gasteiger partial charge in [0.05, 0.1) is 86.0 Å². The van der Waals surface area contributed by atoms with Gasteiger partial charge in [0.15, 0.2) is 70.4 Å². The number of oxazole rings is 2. The maximum atomic E-state index is 13.6. The quantitative estimate of drug-likeness (QED) is 0.0162.